The normalized spacial score (nSPS) is 49.2. The van der Waals surface area contributed by atoms with Crippen molar-refractivity contribution in [1.82, 2.24) is 4.72 Å². The highest BCUT2D eigenvalue weighted by atomic mass is 32.2. The molecule has 2 aliphatic rings. The third-order valence-electron chi connectivity index (χ3n) is 2.87. The van der Waals surface area contributed by atoms with Crippen LogP contribution in [-0.4, -0.2) is 67.4 Å². The first kappa shape index (κ1) is 12.3. The van der Waals surface area contributed by atoms with Crippen LogP contribution in [0.1, 0.15) is 0 Å². The summed E-state index contributed by atoms with van der Waals surface area (Å²) in [5, 5.41) is 28.6. The Bertz CT molecular complexity index is 302. The molecular formula is C7H13NO7S. The summed E-state index contributed by atoms with van der Waals surface area (Å²) in [4.78, 5) is 0. The molecule has 0 spiro atoms. The average Bonchev–Trinajstić information content (AvgIpc) is 2.65. The molecular weight excluding hydrogens is 242 g/mol. The van der Waals surface area contributed by atoms with E-state index in [1.807, 2.05) is 0 Å². The monoisotopic (exact) mass is 255 g/mol. The lowest BCUT2D eigenvalue weighted by Crippen LogP contribution is -2.65. The Kier molecular flexibility index (Phi) is 3.29. The lowest BCUT2D eigenvalue weighted by Gasteiger charge is -2.41. The largest absolute Gasteiger partial charge is 0.393 e. The van der Waals surface area contributed by atoms with Gasteiger partial charge < -0.3 is 24.8 Å². The van der Waals surface area contributed by atoms with Gasteiger partial charge in [0.05, 0.1) is 13.2 Å². The highest BCUT2D eigenvalue weighted by molar-refractivity contribution is 7.77. The van der Waals surface area contributed by atoms with Gasteiger partial charge in [0.1, 0.15) is 23.9 Å². The highest BCUT2D eigenvalue weighted by Gasteiger charge is 2.59. The third kappa shape index (κ3) is 1.79. The van der Waals surface area contributed by atoms with E-state index in [9.17, 15) is 14.4 Å². The smallest absolute Gasteiger partial charge is 0.232 e. The van der Waals surface area contributed by atoms with Crippen molar-refractivity contribution >= 4 is 11.3 Å². The van der Waals surface area contributed by atoms with Gasteiger partial charge >= 0.3 is 0 Å². The van der Waals surface area contributed by atoms with Gasteiger partial charge in [-0.1, -0.05) is 0 Å². The number of ether oxygens (including phenoxy) is 2. The molecule has 0 aromatic heterocycles. The maximum Gasteiger partial charge on any atom is 0.232 e. The molecule has 0 amide bonds. The van der Waals surface area contributed by atoms with E-state index in [0.717, 1.165) is 0 Å². The number of fused-ring (bicyclic) bond motifs is 2. The molecule has 2 fully saturated rings. The Morgan fingerprint density at radius 1 is 1.50 bits per heavy atom. The maximum atomic E-state index is 10.6. The molecule has 6 atom stereocenters. The SMILES string of the molecule is O=S(O)N[C@H]1[C@H]2OC[C@](CO)(O2)[C@H](O)[C@@H]1O. The van der Waals surface area contributed by atoms with Crippen LogP contribution in [0.4, 0.5) is 0 Å². The zero-order chi connectivity index (χ0) is 11.9. The molecule has 8 nitrogen and oxygen atoms in total. The molecule has 0 aliphatic carbocycles. The first-order chi connectivity index (χ1) is 7.50. The molecule has 0 aromatic carbocycles. The molecule has 2 aliphatic heterocycles. The van der Waals surface area contributed by atoms with E-state index in [1.165, 1.54) is 0 Å². The predicted molar refractivity (Wildman–Crippen MR) is 50.4 cm³/mol. The summed E-state index contributed by atoms with van der Waals surface area (Å²) >= 11 is -2.36. The second-order valence-electron chi connectivity index (χ2n) is 3.85. The van der Waals surface area contributed by atoms with Crippen molar-refractivity contribution in [2.24, 2.45) is 0 Å². The minimum atomic E-state index is -2.36. The summed E-state index contributed by atoms with van der Waals surface area (Å²) in [6.07, 6.45) is -3.72. The summed E-state index contributed by atoms with van der Waals surface area (Å²) in [5.74, 6) is 0. The number of hydrogen-bond donors (Lipinski definition) is 5. The van der Waals surface area contributed by atoms with Crippen molar-refractivity contribution in [3.8, 4) is 0 Å². The Morgan fingerprint density at radius 2 is 2.19 bits per heavy atom. The number of rotatable bonds is 3. The van der Waals surface area contributed by atoms with Crippen molar-refractivity contribution in [2.75, 3.05) is 13.2 Å². The molecule has 0 radical (unpaired) electrons. The third-order valence-corrected chi connectivity index (χ3v) is 3.34. The summed E-state index contributed by atoms with van der Waals surface area (Å²) in [6, 6.07) is -1.02. The lowest BCUT2D eigenvalue weighted by atomic mass is 9.89. The van der Waals surface area contributed by atoms with Crippen molar-refractivity contribution in [1.29, 1.82) is 0 Å². The number of aliphatic hydroxyl groups excluding tert-OH is 3. The van der Waals surface area contributed by atoms with Gasteiger partial charge in [0.15, 0.2) is 6.29 Å². The minimum absolute atomic E-state index is 0.0807. The molecule has 2 saturated heterocycles. The van der Waals surface area contributed by atoms with E-state index in [1.54, 1.807) is 0 Å². The molecule has 94 valence electrons. The van der Waals surface area contributed by atoms with E-state index in [-0.39, 0.29) is 6.61 Å². The van der Waals surface area contributed by atoms with Gasteiger partial charge in [-0.2, -0.15) is 0 Å². The molecule has 0 aromatic rings. The Labute approximate surface area is 93.6 Å². The quantitative estimate of drug-likeness (QED) is 0.338. The van der Waals surface area contributed by atoms with Gasteiger partial charge in [0, 0.05) is 0 Å². The molecule has 1 unspecified atom stereocenters. The molecule has 5 N–H and O–H groups in total. The van der Waals surface area contributed by atoms with Crippen molar-refractivity contribution in [3.05, 3.63) is 0 Å². The van der Waals surface area contributed by atoms with Crippen molar-refractivity contribution < 1.29 is 33.6 Å². The minimum Gasteiger partial charge on any atom is -0.393 e. The zero-order valence-electron chi connectivity index (χ0n) is 8.15. The molecule has 9 heteroatoms. The van der Waals surface area contributed by atoms with Crippen molar-refractivity contribution in [2.45, 2.75) is 30.1 Å². The van der Waals surface area contributed by atoms with E-state index < -0.39 is 48.0 Å². The van der Waals surface area contributed by atoms with Crippen molar-refractivity contribution in [3.63, 3.8) is 0 Å². The van der Waals surface area contributed by atoms with Crippen LogP contribution in [-0.2, 0) is 20.7 Å². The summed E-state index contributed by atoms with van der Waals surface area (Å²) in [6.45, 7) is -0.584. The van der Waals surface area contributed by atoms with Crippen LogP contribution < -0.4 is 4.72 Å². The van der Waals surface area contributed by atoms with Gasteiger partial charge in [0.2, 0.25) is 11.3 Å². The Hall–Kier alpha value is -0.130. The van der Waals surface area contributed by atoms with Crippen LogP contribution in [0.3, 0.4) is 0 Å². The maximum absolute atomic E-state index is 10.6. The van der Waals surface area contributed by atoms with E-state index in [4.69, 9.17) is 19.1 Å². The standard InChI is InChI=1S/C7H13NO7S/c9-1-7-2-14-6(15-7)3(8-16(12)13)4(10)5(7)11/h3-6,8-11H,1-2H2,(H,12,13)/t3-,4-,5-,6+,7+/m1/s1. The molecule has 2 rings (SSSR count). The van der Waals surface area contributed by atoms with Crippen LogP contribution in [0.2, 0.25) is 0 Å². The van der Waals surface area contributed by atoms with E-state index in [0.29, 0.717) is 0 Å². The highest BCUT2D eigenvalue weighted by Crippen LogP contribution is 2.36. The van der Waals surface area contributed by atoms with Gasteiger partial charge in [-0.25, -0.2) is 8.93 Å². The van der Waals surface area contributed by atoms with Crippen LogP contribution in [0.25, 0.3) is 0 Å². The van der Waals surface area contributed by atoms with Gasteiger partial charge in [0.25, 0.3) is 0 Å². The number of nitrogens with one attached hydrogen (secondary N) is 1. The number of aliphatic hydroxyl groups is 3. The summed E-state index contributed by atoms with van der Waals surface area (Å²) < 4.78 is 31.7. The summed E-state index contributed by atoms with van der Waals surface area (Å²) in [7, 11) is 0. The van der Waals surface area contributed by atoms with Crippen LogP contribution in [0.15, 0.2) is 0 Å². The van der Waals surface area contributed by atoms with E-state index in [2.05, 4.69) is 4.72 Å². The molecule has 0 saturated carbocycles. The van der Waals surface area contributed by atoms with Gasteiger partial charge in [-0.15, -0.1) is 0 Å². The van der Waals surface area contributed by atoms with Crippen LogP contribution >= 0.6 is 0 Å². The molecule has 2 heterocycles. The topological polar surface area (TPSA) is 128 Å². The zero-order valence-corrected chi connectivity index (χ0v) is 8.96. The molecule has 16 heavy (non-hydrogen) atoms. The van der Waals surface area contributed by atoms with E-state index >= 15 is 0 Å². The molecule has 2 bridgehead atoms. The Morgan fingerprint density at radius 3 is 2.75 bits per heavy atom. The number of hydrogen-bond acceptors (Lipinski definition) is 6. The predicted octanol–water partition coefficient (Wildman–Crippen LogP) is -3.08. The fourth-order valence-electron chi connectivity index (χ4n) is 1.94. The average molecular weight is 255 g/mol. The van der Waals surface area contributed by atoms with Gasteiger partial charge in [-0.3, -0.25) is 4.55 Å². The fraction of sp³-hybridized carbons (Fsp3) is 1.00. The second kappa shape index (κ2) is 4.27. The Balaban J connectivity index is 2.19. The van der Waals surface area contributed by atoms with Crippen LogP contribution in [0.5, 0.6) is 0 Å². The first-order valence-electron chi connectivity index (χ1n) is 4.63. The fourth-order valence-corrected chi connectivity index (χ4v) is 2.42. The second-order valence-corrected chi connectivity index (χ2v) is 4.58. The first-order valence-corrected chi connectivity index (χ1v) is 5.74. The lowest BCUT2D eigenvalue weighted by molar-refractivity contribution is -0.230. The van der Waals surface area contributed by atoms with Crippen LogP contribution in [0, 0.1) is 0 Å². The summed E-state index contributed by atoms with van der Waals surface area (Å²) in [5.41, 5.74) is -1.35. The van der Waals surface area contributed by atoms with Gasteiger partial charge in [-0.05, 0) is 0 Å².